The molecule has 0 unspecified atom stereocenters. The van der Waals surface area contributed by atoms with Crippen molar-refractivity contribution in [1.82, 2.24) is 19.7 Å². The van der Waals surface area contributed by atoms with Gasteiger partial charge < -0.3 is 4.74 Å². The maximum Gasteiger partial charge on any atom is 0.122 e. The molecule has 2 saturated heterocycles. The number of aromatic nitrogens is 3. The van der Waals surface area contributed by atoms with E-state index in [4.69, 9.17) is 9.72 Å². The van der Waals surface area contributed by atoms with Crippen molar-refractivity contribution in [2.75, 3.05) is 13.1 Å². The zero-order valence-corrected chi connectivity index (χ0v) is 14.8. The Kier molecular flexibility index (Phi) is 3.99. The van der Waals surface area contributed by atoms with Gasteiger partial charge in [-0.05, 0) is 39.2 Å². The Hall–Kier alpha value is -1.24. The number of piperidine rings is 1. The van der Waals surface area contributed by atoms with Crippen LogP contribution in [-0.2, 0) is 18.3 Å². The minimum absolute atomic E-state index is 0.209. The lowest BCUT2D eigenvalue weighted by Crippen LogP contribution is -2.41. The summed E-state index contributed by atoms with van der Waals surface area (Å²) in [5.74, 6) is 0.690. The molecular formula is C17H24N4OS. The molecule has 3 atom stereocenters. The first-order valence-corrected chi connectivity index (χ1v) is 9.19. The van der Waals surface area contributed by atoms with Gasteiger partial charge in [0.2, 0.25) is 0 Å². The van der Waals surface area contributed by atoms with Crippen LogP contribution in [0.15, 0.2) is 12.4 Å². The molecule has 124 valence electrons. The Morgan fingerprint density at radius 3 is 2.96 bits per heavy atom. The Balaban J connectivity index is 1.40. The summed E-state index contributed by atoms with van der Waals surface area (Å²) in [5.41, 5.74) is 2.44. The predicted molar refractivity (Wildman–Crippen MR) is 90.4 cm³/mol. The summed E-state index contributed by atoms with van der Waals surface area (Å²) in [6.07, 6.45) is 7.00. The Morgan fingerprint density at radius 2 is 2.26 bits per heavy atom. The van der Waals surface area contributed by atoms with Crippen LogP contribution in [0.4, 0.5) is 0 Å². The maximum absolute atomic E-state index is 6.38. The van der Waals surface area contributed by atoms with Gasteiger partial charge in [-0.2, -0.15) is 5.10 Å². The van der Waals surface area contributed by atoms with Gasteiger partial charge in [-0.15, -0.1) is 11.3 Å². The Labute approximate surface area is 141 Å². The van der Waals surface area contributed by atoms with Crippen LogP contribution in [0.5, 0.6) is 0 Å². The second-order valence-electron chi connectivity index (χ2n) is 6.90. The molecule has 0 N–H and O–H groups in total. The van der Waals surface area contributed by atoms with Crippen LogP contribution < -0.4 is 0 Å². The number of ether oxygens (including phenoxy) is 1. The van der Waals surface area contributed by atoms with E-state index in [-0.39, 0.29) is 6.10 Å². The number of aryl methyl sites for hydroxylation is 3. The van der Waals surface area contributed by atoms with E-state index in [9.17, 15) is 0 Å². The van der Waals surface area contributed by atoms with E-state index in [2.05, 4.69) is 30.0 Å². The van der Waals surface area contributed by atoms with E-state index in [1.807, 2.05) is 17.9 Å². The highest BCUT2D eigenvalue weighted by Crippen LogP contribution is 2.42. The first-order chi connectivity index (χ1) is 11.1. The minimum atomic E-state index is 0.209. The summed E-state index contributed by atoms with van der Waals surface area (Å²) in [4.78, 5) is 8.52. The van der Waals surface area contributed by atoms with Gasteiger partial charge in [0.1, 0.15) is 11.1 Å². The molecule has 2 aromatic heterocycles. The fraction of sp³-hybridized carbons (Fsp3) is 0.647. The van der Waals surface area contributed by atoms with Crippen molar-refractivity contribution >= 4 is 11.3 Å². The monoisotopic (exact) mass is 332 g/mol. The van der Waals surface area contributed by atoms with Gasteiger partial charge in [-0.1, -0.05) is 0 Å². The molecule has 0 bridgehead atoms. The second-order valence-corrected chi connectivity index (χ2v) is 8.13. The average Bonchev–Trinajstić information content (AvgIpc) is 3.19. The number of fused-ring (bicyclic) bond motifs is 1. The van der Waals surface area contributed by atoms with E-state index < -0.39 is 0 Å². The van der Waals surface area contributed by atoms with Gasteiger partial charge in [-0.3, -0.25) is 9.58 Å². The summed E-state index contributed by atoms with van der Waals surface area (Å²) in [6, 6.07) is 0. The van der Waals surface area contributed by atoms with Crippen LogP contribution in [0.3, 0.4) is 0 Å². The standard InChI is InChI=1S/C17H24N4OS/c1-11-12(2)23-17(19-11)15-6-14-4-5-21(10-16(14)22-15)9-13-7-18-20(3)8-13/h7-8,14-16H,4-6,9-10H2,1-3H3/t14-,15+,16+/m0/s1. The van der Waals surface area contributed by atoms with Crippen LogP contribution >= 0.6 is 11.3 Å². The third-order valence-electron chi connectivity index (χ3n) is 5.12. The fourth-order valence-electron chi connectivity index (χ4n) is 3.74. The second kappa shape index (κ2) is 6.00. The highest BCUT2D eigenvalue weighted by atomic mass is 32.1. The molecule has 0 aliphatic carbocycles. The van der Waals surface area contributed by atoms with Gasteiger partial charge in [0.25, 0.3) is 0 Å². The molecule has 0 spiro atoms. The van der Waals surface area contributed by atoms with Crippen molar-refractivity contribution in [3.8, 4) is 0 Å². The summed E-state index contributed by atoms with van der Waals surface area (Å²) in [7, 11) is 1.97. The number of likely N-dealkylation sites (tertiary alicyclic amines) is 1. The van der Waals surface area contributed by atoms with Gasteiger partial charge in [0, 0.05) is 36.8 Å². The Morgan fingerprint density at radius 1 is 1.39 bits per heavy atom. The maximum atomic E-state index is 6.38. The van der Waals surface area contributed by atoms with Crippen LogP contribution in [-0.4, -0.2) is 38.9 Å². The van der Waals surface area contributed by atoms with Crippen LogP contribution in [0.25, 0.3) is 0 Å². The van der Waals surface area contributed by atoms with Crippen LogP contribution in [0, 0.1) is 19.8 Å². The van der Waals surface area contributed by atoms with Crippen molar-refractivity contribution in [1.29, 1.82) is 0 Å². The minimum Gasteiger partial charge on any atom is -0.366 e. The molecule has 2 aliphatic rings. The number of hydrogen-bond donors (Lipinski definition) is 0. The molecular weight excluding hydrogens is 308 g/mol. The smallest absolute Gasteiger partial charge is 0.122 e. The molecule has 2 aliphatic heterocycles. The largest absolute Gasteiger partial charge is 0.366 e. The average molecular weight is 332 g/mol. The zero-order chi connectivity index (χ0) is 16.0. The van der Waals surface area contributed by atoms with Gasteiger partial charge in [0.15, 0.2) is 0 Å². The molecule has 6 heteroatoms. The molecule has 4 rings (SSSR count). The molecule has 2 aromatic rings. The van der Waals surface area contributed by atoms with E-state index in [1.165, 1.54) is 21.9 Å². The van der Waals surface area contributed by atoms with Gasteiger partial charge in [0.05, 0.1) is 18.0 Å². The molecule has 0 amide bonds. The van der Waals surface area contributed by atoms with Crippen molar-refractivity contribution in [2.24, 2.45) is 13.0 Å². The molecule has 0 aromatic carbocycles. The third-order valence-corrected chi connectivity index (χ3v) is 6.29. The first kappa shape index (κ1) is 15.3. The summed E-state index contributed by atoms with van der Waals surface area (Å²) >= 11 is 1.80. The van der Waals surface area contributed by atoms with Crippen molar-refractivity contribution in [2.45, 2.75) is 45.4 Å². The molecule has 2 fully saturated rings. The molecule has 23 heavy (non-hydrogen) atoms. The fourth-order valence-corrected chi connectivity index (χ4v) is 4.72. The van der Waals surface area contributed by atoms with Gasteiger partial charge >= 0.3 is 0 Å². The van der Waals surface area contributed by atoms with E-state index in [0.29, 0.717) is 12.0 Å². The summed E-state index contributed by atoms with van der Waals surface area (Å²) in [6.45, 7) is 7.39. The van der Waals surface area contributed by atoms with Crippen molar-refractivity contribution in [3.05, 3.63) is 33.5 Å². The predicted octanol–water partition coefficient (Wildman–Crippen LogP) is 2.85. The van der Waals surface area contributed by atoms with E-state index in [0.717, 1.165) is 31.7 Å². The third kappa shape index (κ3) is 3.07. The van der Waals surface area contributed by atoms with Crippen LogP contribution in [0.2, 0.25) is 0 Å². The summed E-state index contributed by atoms with van der Waals surface area (Å²) in [5, 5.41) is 5.44. The lowest BCUT2D eigenvalue weighted by Gasteiger charge is -2.33. The quantitative estimate of drug-likeness (QED) is 0.867. The molecule has 4 heterocycles. The SMILES string of the molecule is Cc1nc([C@H]2C[C@@H]3CCN(Cc4cnn(C)c4)C[C@H]3O2)sc1C. The number of hydrogen-bond acceptors (Lipinski definition) is 5. The van der Waals surface area contributed by atoms with Gasteiger partial charge in [-0.25, -0.2) is 4.98 Å². The molecule has 0 saturated carbocycles. The molecule has 5 nitrogen and oxygen atoms in total. The number of thiazole rings is 1. The first-order valence-electron chi connectivity index (χ1n) is 8.38. The van der Waals surface area contributed by atoms with E-state index >= 15 is 0 Å². The van der Waals surface area contributed by atoms with Crippen molar-refractivity contribution in [3.63, 3.8) is 0 Å². The number of rotatable bonds is 3. The van der Waals surface area contributed by atoms with Crippen LogP contribution in [0.1, 0.15) is 40.1 Å². The highest BCUT2D eigenvalue weighted by molar-refractivity contribution is 7.11. The normalized spacial score (nSPS) is 28.2. The Bertz CT molecular complexity index is 675. The summed E-state index contributed by atoms with van der Waals surface area (Å²) < 4.78 is 8.25. The highest BCUT2D eigenvalue weighted by Gasteiger charge is 2.40. The zero-order valence-electron chi connectivity index (χ0n) is 14.0. The molecule has 0 radical (unpaired) electrons. The lowest BCUT2D eigenvalue weighted by atomic mass is 9.92. The topological polar surface area (TPSA) is 43.2 Å². The van der Waals surface area contributed by atoms with E-state index in [1.54, 1.807) is 11.3 Å². The number of nitrogens with zero attached hydrogens (tertiary/aromatic N) is 4. The van der Waals surface area contributed by atoms with Crippen molar-refractivity contribution < 1.29 is 4.74 Å². The lowest BCUT2D eigenvalue weighted by molar-refractivity contribution is -0.00942.